The van der Waals surface area contributed by atoms with Crippen LogP contribution in [0.2, 0.25) is 5.02 Å². The van der Waals surface area contributed by atoms with Gasteiger partial charge in [0.1, 0.15) is 23.9 Å². The quantitative estimate of drug-likeness (QED) is 0.253. The maximum atomic E-state index is 12.4. The van der Waals surface area contributed by atoms with Crippen LogP contribution >= 0.6 is 43.5 Å². The normalized spacial score (nSPS) is 10.8. The molecule has 1 amide bonds. The van der Waals surface area contributed by atoms with Crippen LogP contribution in [-0.2, 0) is 6.61 Å². The van der Waals surface area contributed by atoms with E-state index < -0.39 is 0 Å². The second-order valence-corrected chi connectivity index (χ2v) is 8.67. The minimum absolute atomic E-state index is 0.367. The molecule has 1 N–H and O–H groups in total. The molecule has 3 aromatic rings. The molecular formula is C23H19Br2ClN2O4. The molecule has 0 saturated carbocycles. The molecule has 3 aromatic carbocycles. The fourth-order valence-corrected chi connectivity index (χ4v) is 4.27. The molecule has 0 aliphatic rings. The smallest absolute Gasteiger partial charge is 0.271 e. The molecule has 9 heteroatoms. The van der Waals surface area contributed by atoms with Gasteiger partial charge in [-0.25, -0.2) is 5.43 Å². The summed E-state index contributed by atoms with van der Waals surface area (Å²) in [4.78, 5) is 12.4. The number of hydrazone groups is 1. The predicted octanol–water partition coefficient (Wildman–Crippen LogP) is 6.23. The Hall–Kier alpha value is -2.55. The Morgan fingerprint density at radius 3 is 2.16 bits per heavy atom. The molecule has 166 valence electrons. The van der Waals surface area contributed by atoms with Crippen molar-refractivity contribution >= 4 is 55.6 Å². The van der Waals surface area contributed by atoms with E-state index in [1.165, 1.54) is 20.4 Å². The van der Waals surface area contributed by atoms with Crippen molar-refractivity contribution in [3.05, 3.63) is 85.3 Å². The number of carbonyl (C=O) groups is 1. The van der Waals surface area contributed by atoms with Crippen molar-refractivity contribution in [2.45, 2.75) is 6.61 Å². The SMILES string of the molecule is COc1cc(OC)cc(C(=O)N/N=C\c2cc(Br)c(OCc3ccc(Cl)cc3)c(Br)c2)c1. The van der Waals surface area contributed by atoms with Crippen molar-refractivity contribution in [1.82, 2.24) is 5.43 Å². The molecule has 0 radical (unpaired) electrons. The Kier molecular flexibility index (Phi) is 8.55. The molecule has 0 aromatic heterocycles. The second kappa shape index (κ2) is 11.4. The van der Waals surface area contributed by atoms with E-state index >= 15 is 0 Å². The molecule has 0 heterocycles. The third-order valence-corrected chi connectivity index (χ3v) is 5.74. The molecule has 0 spiro atoms. The van der Waals surface area contributed by atoms with E-state index in [1.807, 2.05) is 36.4 Å². The standard InChI is InChI=1S/C23H19Br2ClN2O4/c1-30-18-9-16(10-19(11-18)31-2)23(29)28-27-12-15-7-20(24)22(21(25)8-15)32-13-14-3-5-17(26)6-4-14/h3-12H,13H2,1-2H3,(H,28,29)/b27-12-. The predicted molar refractivity (Wildman–Crippen MR) is 132 cm³/mol. The highest BCUT2D eigenvalue weighted by atomic mass is 79.9. The fraction of sp³-hybridized carbons (Fsp3) is 0.130. The van der Waals surface area contributed by atoms with Gasteiger partial charge in [-0.3, -0.25) is 4.79 Å². The lowest BCUT2D eigenvalue weighted by molar-refractivity contribution is 0.0954. The number of nitrogens with zero attached hydrogens (tertiary/aromatic N) is 1. The van der Waals surface area contributed by atoms with E-state index in [2.05, 4.69) is 42.4 Å². The van der Waals surface area contributed by atoms with Gasteiger partial charge in [0.15, 0.2) is 0 Å². The van der Waals surface area contributed by atoms with Crippen LogP contribution in [0.5, 0.6) is 17.2 Å². The number of benzene rings is 3. The van der Waals surface area contributed by atoms with Gasteiger partial charge in [-0.05, 0) is 79.4 Å². The number of rotatable bonds is 8. The lowest BCUT2D eigenvalue weighted by Gasteiger charge is -2.11. The molecule has 0 aliphatic carbocycles. The summed E-state index contributed by atoms with van der Waals surface area (Å²) in [6.45, 7) is 0.391. The first kappa shape index (κ1) is 24.1. The molecule has 0 saturated heterocycles. The Bertz CT molecular complexity index is 1090. The third-order valence-electron chi connectivity index (χ3n) is 4.31. The van der Waals surface area contributed by atoms with E-state index in [0.29, 0.717) is 34.4 Å². The minimum Gasteiger partial charge on any atom is -0.497 e. The first-order chi connectivity index (χ1) is 15.4. The van der Waals surface area contributed by atoms with Crippen molar-refractivity contribution in [2.24, 2.45) is 5.10 Å². The molecule has 0 fully saturated rings. The van der Waals surface area contributed by atoms with Gasteiger partial charge < -0.3 is 14.2 Å². The van der Waals surface area contributed by atoms with E-state index in [1.54, 1.807) is 18.2 Å². The number of hydrogen-bond donors (Lipinski definition) is 1. The molecule has 0 aliphatic heterocycles. The first-order valence-electron chi connectivity index (χ1n) is 9.32. The summed E-state index contributed by atoms with van der Waals surface area (Å²) in [5.74, 6) is 1.30. The Morgan fingerprint density at radius 1 is 1.00 bits per heavy atom. The Morgan fingerprint density at radius 2 is 1.59 bits per heavy atom. The maximum absolute atomic E-state index is 12.4. The van der Waals surface area contributed by atoms with Gasteiger partial charge >= 0.3 is 0 Å². The number of halogens is 3. The van der Waals surface area contributed by atoms with E-state index in [4.69, 9.17) is 25.8 Å². The number of ether oxygens (including phenoxy) is 3. The lowest BCUT2D eigenvalue weighted by Crippen LogP contribution is -2.17. The van der Waals surface area contributed by atoms with Crippen LogP contribution in [0.3, 0.4) is 0 Å². The zero-order valence-corrected chi connectivity index (χ0v) is 21.1. The summed E-state index contributed by atoms with van der Waals surface area (Å²) in [5.41, 5.74) is 4.62. The number of methoxy groups -OCH3 is 2. The van der Waals surface area contributed by atoms with Crippen LogP contribution in [0.25, 0.3) is 0 Å². The maximum Gasteiger partial charge on any atom is 0.271 e. The van der Waals surface area contributed by atoms with Gasteiger partial charge in [-0.1, -0.05) is 23.7 Å². The average Bonchev–Trinajstić information content (AvgIpc) is 2.79. The summed E-state index contributed by atoms with van der Waals surface area (Å²) in [7, 11) is 3.04. The van der Waals surface area contributed by atoms with Crippen molar-refractivity contribution in [2.75, 3.05) is 14.2 Å². The van der Waals surface area contributed by atoms with Gasteiger partial charge in [-0.15, -0.1) is 0 Å². The monoisotopic (exact) mass is 580 g/mol. The lowest BCUT2D eigenvalue weighted by atomic mass is 10.2. The number of amides is 1. The zero-order chi connectivity index (χ0) is 23.1. The minimum atomic E-state index is -0.389. The highest BCUT2D eigenvalue weighted by Crippen LogP contribution is 2.35. The zero-order valence-electron chi connectivity index (χ0n) is 17.2. The highest BCUT2D eigenvalue weighted by Gasteiger charge is 2.11. The summed E-state index contributed by atoms with van der Waals surface area (Å²) in [6.07, 6.45) is 1.54. The molecule has 32 heavy (non-hydrogen) atoms. The van der Waals surface area contributed by atoms with Crippen LogP contribution in [-0.4, -0.2) is 26.3 Å². The van der Waals surface area contributed by atoms with Crippen molar-refractivity contribution in [3.8, 4) is 17.2 Å². The fourth-order valence-electron chi connectivity index (χ4n) is 2.70. The van der Waals surface area contributed by atoms with Gasteiger partial charge in [0.25, 0.3) is 5.91 Å². The van der Waals surface area contributed by atoms with Crippen LogP contribution in [0.1, 0.15) is 21.5 Å². The largest absolute Gasteiger partial charge is 0.497 e. The van der Waals surface area contributed by atoms with Gasteiger partial charge in [-0.2, -0.15) is 5.10 Å². The summed E-state index contributed by atoms with van der Waals surface area (Å²) in [5, 5.41) is 4.72. The van der Waals surface area contributed by atoms with Crippen molar-refractivity contribution in [3.63, 3.8) is 0 Å². The molecule has 6 nitrogen and oxygen atoms in total. The van der Waals surface area contributed by atoms with E-state index in [-0.39, 0.29) is 5.91 Å². The van der Waals surface area contributed by atoms with E-state index in [0.717, 1.165) is 20.1 Å². The topological polar surface area (TPSA) is 69.2 Å². The number of carbonyl (C=O) groups excluding carboxylic acids is 1. The molecular weight excluding hydrogens is 564 g/mol. The summed E-state index contributed by atoms with van der Waals surface area (Å²) in [6, 6.07) is 16.0. The van der Waals surface area contributed by atoms with Crippen molar-refractivity contribution < 1.29 is 19.0 Å². The Labute approximate surface area is 207 Å². The van der Waals surface area contributed by atoms with Crippen LogP contribution in [0.15, 0.2) is 68.6 Å². The Balaban J connectivity index is 1.66. The van der Waals surface area contributed by atoms with Crippen LogP contribution < -0.4 is 19.6 Å². The molecule has 0 bridgehead atoms. The van der Waals surface area contributed by atoms with Crippen LogP contribution in [0.4, 0.5) is 0 Å². The molecule has 3 rings (SSSR count). The van der Waals surface area contributed by atoms with Gasteiger partial charge in [0.2, 0.25) is 0 Å². The van der Waals surface area contributed by atoms with E-state index in [9.17, 15) is 4.79 Å². The summed E-state index contributed by atoms with van der Waals surface area (Å²) < 4.78 is 17.8. The second-order valence-electron chi connectivity index (χ2n) is 6.53. The van der Waals surface area contributed by atoms with Gasteiger partial charge in [0, 0.05) is 16.7 Å². The summed E-state index contributed by atoms with van der Waals surface area (Å²) >= 11 is 13.0. The van der Waals surface area contributed by atoms with Crippen molar-refractivity contribution in [1.29, 1.82) is 0 Å². The molecule has 0 unspecified atom stereocenters. The number of hydrogen-bond acceptors (Lipinski definition) is 5. The van der Waals surface area contributed by atoms with Crippen LogP contribution in [0, 0.1) is 0 Å². The average molecular weight is 583 g/mol. The molecule has 0 atom stereocenters. The third kappa shape index (κ3) is 6.48. The highest BCUT2D eigenvalue weighted by molar-refractivity contribution is 9.11. The number of nitrogens with one attached hydrogen (secondary N) is 1. The first-order valence-corrected chi connectivity index (χ1v) is 11.3. The van der Waals surface area contributed by atoms with Gasteiger partial charge in [0.05, 0.1) is 29.4 Å².